The van der Waals surface area contributed by atoms with Gasteiger partial charge in [0.25, 0.3) is 11.8 Å². The summed E-state index contributed by atoms with van der Waals surface area (Å²) in [6.45, 7) is 5.16. The van der Waals surface area contributed by atoms with Crippen LogP contribution in [0.25, 0.3) is 0 Å². The normalized spacial score (nSPS) is 10.2. The zero-order valence-corrected chi connectivity index (χ0v) is 15.5. The van der Waals surface area contributed by atoms with E-state index >= 15 is 0 Å². The van der Waals surface area contributed by atoms with Gasteiger partial charge in [0.05, 0.1) is 19.9 Å². The van der Waals surface area contributed by atoms with Crippen molar-refractivity contribution < 1.29 is 19.1 Å². The second-order valence-electron chi connectivity index (χ2n) is 5.58. The second kappa shape index (κ2) is 8.89. The molecule has 6 nitrogen and oxygen atoms in total. The molecule has 0 heterocycles. The number of methoxy groups -OCH3 is 2. The molecule has 0 radical (unpaired) electrons. The van der Waals surface area contributed by atoms with E-state index in [1.807, 2.05) is 13.8 Å². The first-order chi connectivity index (χ1) is 12.5. The van der Waals surface area contributed by atoms with Crippen molar-refractivity contribution in [3.05, 3.63) is 53.6 Å². The van der Waals surface area contributed by atoms with Crippen LogP contribution >= 0.6 is 0 Å². The Balaban J connectivity index is 2.17. The summed E-state index contributed by atoms with van der Waals surface area (Å²) < 4.78 is 10.4. The summed E-state index contributed by atoms with van der Waals surface area (Å²) in [6.07, 6.45) is 0. The Hall–Kier alpha value is -3.02. The first kappa shape index (κ1) is 19.3. The molecule has 6 heteroatoms. The number of hydrogen-bond donors (Lipinski definition) is 1. The fourth-order valence-corrected chi connectivity index (χ4v) is 2.56. The highest BCUT2D eigenvalue weighted by Crippen LogP contribution is 2.29. The molecule has 0 aliphatic heterocycles. The molecular weight excluding hydrogens is 332 g/mol. The molecule has 26 heavy (non-hydrogen) atoms. The number of rotatable bonds is 7. The summed E-state index contributed by atoms with van der Waals surface area (Å²) in [5, 5.41) is 2.81. The molecule has 0 aliphatic rings. The van der Waals surface area contributed by atoms with Crippen molar-refractivity contribution in [2.45, 2.75) is 13.8 Å². The Labute approximate surface area is 153 Å². The molecule has 0 unspecified atom stereocenters. The molecule has 0 aromatic heterocycles. The van der Waals surface area contributed by atoms with Crippen LogP contribution in [0.4, 0.5) is 5.69 Å². The van der Waals surface area contributed by atoms with E-state index < -0.39 is 0 Å². The van der Waals surface area contributed by atoms with Crippen molar-refractivity contribution in [2.24, 2.45) is 0 Å². The Morgan fingerprint density at radius 1 is 0.923 bits per heavy atom. The van der Waals surface area contributed by atoms with Crippen molar-refractivity contribution in [1.82, 2.24) is 4.90 Å². The highest BCUT2D eigenvalue weighted by atomic mass is 16.5. The number of nitrogens with zero attached hydrogens (tertiary/aromatic N) is 1. The predicted molar refractivity (Wildman–Crippen MR) is 101 cm³/mol. The van der Waals surface area contributed by atoms with Crippen molar-refractivity contribution in [2.75, 3.05) is 32.6 Å². The van der Waals surface area contributed by atoms with Gasteiger partial charge in [0.15, 0.2) is 0 Å². The molecule has 138 valence electrons. The van der Waals surface area contributed by atoms with E-state index in [0.29, 0.717) is 41.4 Å². The van der Waals surface area contributed by atoms with Gasteiger partial charge < -0.3 is 19.7 Å². The zero-order chi connectivity index (χ0) is 19.1. The van der Waals surface area contributed by atoms with Crippen molar-refractivity contribution in [3.63, 3.8) is 0 Å². The lowest BCUT2D eigenvalue weighted by molar-refractivity contribution is 0.0772. The average molecular weight is 356 g/mol. The van der Waals surface area contributed by atoms with Crippen LogP contribution in [-0.4, -0.2) is 44.0 Å². The smallest absolute Gasteiger partial charge is 0.255 e. The Morgan fingerprint density at radius 3 is 2.08 bits per heavy atom. The lowest BCUT2D eigenvalue weighted by Gasteiger charge is -2.18. The van der Waals surface area contributed by atoms with Gasteiger partial charge in [0, 0.05) is 30.3 Å². The first-order valence-corrected chi connectivity index (χ1v) is 8.46. The SMILES string of the molecule is CCN(CC)C(=O)c1ccc(C(=O)Nc2cc(OC)ccc2OC)cc1. The summed E-state index contributed by atoms with van der Waals surface area (Å²) in [6, 6.07) is 11.8. The van der Waals surface area contributed by atoms with E-state index in [-0.39, 0.29) is 11.8 Å². The van der Waals surface area contributed by atoms with Crippen LogP contribution in [0, 0.1) is 0 Å². The lowest BCUT2D eigenvalue weighted by atomic mass is 10.1. The highest BCUT2D eigenvalue weighted by molar-refractivity contribution is 6.05. The van der Waals surface area contributed by atoms with Gasteiger partial charge in [-0.05, 0) is 50.2 Å². The maximum absolute atomic E-state index is 12.5. The molecule has 2 rings (SSSR count). The van der Waals surface area contributed by atoms with Crippen molar-refractivity contribution in [3.8, 4) is 11.5 Å². The van der Waals surface area contributed by atoms with Gasteiger partial charge in [-0.2, -0.15) is 0 Å². The first-order valence-electron chi connectivity index (χ1n) is 8.46. The number of amides is 2. The molecule has 0 spiro atoms. The minimum absolute atomic E-state index is 0.0450. The molecule has 2 amide bonds. The van der Waals surface area contributed by atoms with E-state index in [0.717, 1.165) is 0 Å². The number of benzene rings is 2. The maximum atomic E-state index is 12.5. The molecule has 0 bridgehead atoms. The lowest BCUT2D eigenvalue weighted by Crippen LogP contribution is -2.30. The Bertz CT molecular complexity index is 768. The topological polar surface area (TPSA) is 67.9 Å². The van der Waals surface area contributed by atoms with Crippen LogP contribution in [-0.2, 0) is 0 Å². The van der Waals surface area contributed by atoms with Gasteiger partial charge in [-0.3, -0.25) is 9.59 Å². The molecule has 0 aliphatic carbocycles. The molecule has 1 N–H and O–H groups in total. The molecule has 0 atom stereocenters. The molecule has 0 fully saturated rings. The van der Waals surface area contributed by atoms with E-state index in [1.54, 1.807) is 54.5 Å². The third-order valence-electron chi connectivity index (χ3n) is 4.10. The zero-order valence-electron chi connectivity index (χ0n) is 15.5. The third-order valence-corrected chi connectivity index (χ3v) is 4.10. The average Bonchev–Trinajstić information content (AvgIpc) is 2.68. The minimum Gasteiger partial charge on any atom is -0.497 e. The fraction of sp³-hybridized carbons (Fsp3) is 0.300. The van der Waals surface area contributed by atoms with Gasteiger partial charge in [0.2, 0.25) is 0 Å². The molecule has 0 saturated carbocycles. The molecule has 2 aromatic carbocycles. The molecule has 2 aromatic rings. The van der Waals surface area contributed by atoms with Crippen molar-refractivity contribution >= 4 is 17.5 Å². The monoisotopic (exact) mass is 356 g/mol. The van der Waals surface area contributed by atoms with Crippen LogP contribution < -0.4 is 14.8 Å². The number of anilines is 1. The molecule has 0 saturated heterocycles. The van der Waals surface area contributed by atoms with Crippen LogP contribution in [0.15, 0.2) is 42.5 Å². The van der Waals surface area contributed by atoms with Crippen LogP contribution in [0.2, 0.25) is 0 Å². The van der Waals surface area contributed by atoms with E-state index in [4.69, 9.17) is 9.47 Å². The summed E-state index contributed by atoms with van der Waals surface area (Å²) in [5.41, 5.74) is 1.52. The Kier molecular flexibility index (Phi) is 6.60. The largest absolute Gasteiger partial charge is 0.497 e. The second-order valence-corrected chi connectivity index (χ2v) is 5.58. The van der Waals surface area contributed by atoms with Crippen molar-refractivity contribution in [1.29, 1.82) is 0 Å². The van der Waals surface area contributed by atoms with Crippen LogP contribution in [0.3, 0.4) is 0 Å². The van der Waals surface area contributed by atoms with Gasteiger partial charge in [-0.1, -0.05) is 0 Å². The van der Waals surface area contributed by atoms with Gasteiger partial charge in [-0.15, -0.1) is 0 Å². The Morgan fingerprint density at radius 2 is 1.54 bits per heavy atom. The van der Waals surface area contributed by atoms with E-state index in [1.165, 1.54) is 7.11 Å². The van der Waals surface area contributed by atoms with Crippen LogP contribution in [0.1, 0.15) is 34.6 Å². The fourth-order valence-electron chi connectivity index (χ4n) is 2.56. The quantitative estimate of drug-likeness (QED) is 0.825. The number of nitrogens with one attached hydrogen (secondary N) is 1. The van der Waals surface area contributed by atoms with Crippen LogP contribution in [0.5, 0.6) is 11.5 Å². The number of hydrogen-bond acceptors (Lipinski definition) is 4. The summed E-state index contributed by atoms with van der Waals surface area (Å²) in [7, 11) is 3.09. The number of ether oxygens (including phenoxy) is 2. The standard InChI is InChI=1S/C20H24N2O4/c1-5-22(6-2)20(24)15-9-7-14(8-10-15)19(23)21-17-13-16(25-3)11-12-18(17)26-4/h7-13H,5-6H2,1-4H3,(H,21,23). The molecular formula is C20H24N2O4. The van der Waals surface area contributed by atoms with Gasteiger partial charge >= 0.3 is 0 Å². The third kappa shape index (κ3) is 4.33. The maximum Gasteiger partial charge on any atom is 0.255 e. The minimum atomic E-state index is -0.293. The van der Waals surface area contributed by atoms with Gasteiger partial charge in [-0.25, -0.2) is 0 Å². The number of carbonyl (C=O) groups excluding carboxylic acids is 2. The van der Waals surface area contributed by atoms with E-state index in [9.17, 15) is 9.59 Å². The summed E-state index contributed by atoms with van der Waals surface area (Å²) >= 11 is 0. The summed E-state index contributed by atoms with van der Waals surface area (Å²) in [4.78, 5) is 26.6. The van der Waals surface area contributed by atoms with Gasteiger partial charge in [0.1, 0.15) is 11.5 Å². The highest BCUT2D eigenvalue weighted by Gasteiger charge is 2.14. The van der Waals surface area contributed by atoms with E-state index in [2.05, 4.69) is 5.32 Å². The predicted octanol–water partition coefficient (Wildman–Crippen LogP) is 3.44. The number of carbonyl (C=O) groups is 2. The summed E-state index contributed by atoms with van der Waals surface area (Å²) in [5.74, 6) is 0.809.